The number of nitrogens with zero attached hydrogens (tertiary/aromatic N) is 2. The molecule has 228 valence electrons. The topological polar surface area (TPSA) is 45.5 Å². The van der Waals surface area contributed by atoms with Crippen LogP contribution in [-0.2, 0) is 0 Å². The average Bonchev–Trinajstić information content (AvgIpc) is 3.62. The summed E-state index contributed by atoms with van der Waals surface area (Å²) in [6.07, 6.45) is -1.15. The maximum absolute atomic E-state index is 14.8. The predicted octanol–water partition coefficient (Wildman–Crippen LogP) is 10.4. The van der Waals surface area contributed by atoms with Crippen molar-refractivity contribution in [3.05, 3.63) is 181 Å². The quantitative estimate of drug-likeness (QED) is 0.209. The lowest BCUT2D eigenvalue weighted by Gasteiger charge is -2.26. The summed E-state index contributed by atoms with van der Waals surface area (Å²) in [4.78, 5) is 16.4. The Morgan fingerprint density at radius 2 is 1.06 bits per heavy atom. The third kappa shape index (κ3) is 4.31. The fraction of sp³-hybridized carbons (Fsp3) is 0.0227. The Kier molecular flexibility index (Phi) is 6.56. The van der Waals surface area contributed by atoms with Crippen molar-refractivity contribution in [2.45, 2.75) is 6.23 Å². The molecule has 1 unspecified atom stereocenters. The number of carbonyl (C=O) groups excluding carboxylic acids is 1. The third-order valence-electron chi connectivity index (χ3n) is 9.50. The maximum Gasteiger partial charge on any atom is 0.263 e. The lowest BCUT2D eigenvalue weighted by molar-refractivity contribution is 0.0935. The zero-order chi connectivity index (χ0) is 32.2. The molecule has 8 aromatic rings. The Labute approximate surface area is 278 Å². The lowest BCUT2D eigenvalue weighted by atomic mass is 9.92. The minimum atomic E-state index is -1.15. The number of aliphatic hydroxyl groups is 1. The van der Waals surface area contributed by atoms with Gasteiger partial charge in [0.15, 0.2) is 6.23 Å². The first-order chi connectivity index (χ1) is 23.7. The van der Waals surface area contributed by atoms with Gasteiger partial charge in [-0.05, 0) is 58.1 Å². The molecule has 0 radical (unpaired) electrons. The molecule has 2 heterocycles. The van der Waals surface area contributed by atoms with E-state index in [4.69, 9.17) is 0 Å². The van der Waals surface area contributed by atoms with Crippen LogP contribution in [0.25, 0.3) is 60.9 Å². The molecule has 9 rings (SSSR count). The molecule has 1 aliphatic heterocycles. The molecule has 0 saturated carbocycles. The molecule has 0 fully saturated rings. The predicted molar refractivity (Wildman–Crippen MR) is 195 cm³/mol. The zero-order valence-corrected chi connectivity index (χ0v) is 26.0. The van der Waals surface area contributed by atoms with Gasteiger partial charge in [-0.2, -0.15) is 0 Å². The number of rotatable bonds is 5. The number of fused-ring (bicyclic) bond motifs is 4. The van der Waals surface area contributed by atoms with Gasteiger partial charge in [-0.3, -0.25) is 9.69 Å². The van der Waals surface area contributed by atoms with Gasteiger partial charge in [-0.15, -0.1) is 0 Å². The highest BCUT2D eigenvalue weighted by Crippen LogP contribution is 2.47. The Hall–Kier alpha value is -6.23. The van der Waals surface area contributed by atoms with Crippen LogP contribution in [0.3, 0.4) is 0 Å². The molecule has 0 saturated heterocycles. The molecule has 1 atom stereocenters. The van der Waals surface area contributed by atoms with Crippen LogP contribution in [-0.4, -0.2) is 15.6 Å². The van der Waals surface area contributed by atoms with Crippen LogP contribution in [0.2, 0.25) is 0 Å². The van der Waals surface area contributed by atoms with Crippen molar-refractivity contribution >= 4 is 33.4 Å². The van der Waals surface area contributed by atoms with Gasteiger partial charge in [0.2, 0.25) is 0 Å². The first kappa shape index (κ1) is 28.0. The van der Waals surface area contributed by atoms with Gasteiger partial charge < -0.3 is 9.67 Å². The number of carbonyl (C=O) groups is 1. The van der Waals surface area contributed by atoms with Gasteiger partial charge in [0.1, 0.15) is 0 Å². The minimum Gasteiger partial charge on any atom is -0.369 e. The summed E-state index contributed by atoms with van der Waals surface area (Å²) < 4.78 is 2.17. The summed E-state index contributed by atoms with van der Waals surface area (Å²) in [6.45, 7) is 0. The molecular weight excluding hydrogens is 588 g/mol. The maximum atomic E-state index is 14.8. The van der Waals surface area contributed by atoms with E-state index in [1.807, 2.05) is 78.9 Å². The molecule has 1 N–H and O–H groups in total. The standard InChI is InChI=1S/C44H30N2O2/c47-43-35-22-13-25-40(45-37-23-11-10-20-34(37)36-28-32(26-27-38(36)45)29-14-4-1-5-15-29)42(35)44(48)46(43)39-24-12-21-33(30-16-6-2-7-17-30)41(39)31-18-8-3-9-19-31/h1-28,43,47H. The van der Waals surface area contributed by atoms with E-state index in [-0.39, 0.29) is 5.91 Å². The van der Waals surface area contributed by atoms with E-state index < -0.39 is 6.23 Å². The largest absolute Gasteiger partial charge is 0.369 e. The van der Waals surface area contributed by atoms with Crippen LogP contribution in [0, 0.1) is 0 Å². The first-order valence-electron chi connectivity index (χ1n) is 16.2. The normalized spacial score (nSPS) is 14.1. The van der Waals surface area contributed by atoms with Crippen LogP contribution in [0.1, 0.15) is 22.1 Å². The van der Waals surface area contributed by atoms with E-state index in [0.717, 1.165) is 60.9 Å². The highest BCUT2D eigenvalue weighted by molar-refractivity contribution is 6.17. The molecule has 48 heavy (non-hydrogen) atoms. The summed E-state index contributed by atoms with van der Waals surface area (Å²) in [5, 5.41) is 14.2. The fourth-order valence-corrected chi connectivity index (χ4v) is 7.35. The van der Waals surface area contributed by atoms with Crippen molar-refractivity contribution < 1.29 is 9.90 Å². The molecule has 0 aliphatic carbocycles. The van der Waals surface area contributed by atoms with Gasteiger partial charge in [0, 0.05) is 21.9 Å². The molecule has 1 aromatic heterocycles. The Morgan fingerprint density at radius 3 is 1.81 bits per heavy atom. The van der Waals surface area contributed by atoms with E-state index in [9.17, 15) is 9.90 Å². The number of hydrogen-bond acceptors (Lipinski definition) is 2. The van der Waals surface area contributed by atoms with E-state index >= 15 is 0 Å². The second kappa shape index (κ2) is 11.2. The highest BCUT2D eigenvalue weighted by Gasteiger charge is 2.40. The summed E-state index contributed by atoms with van der Waals surface area (Å²) in [5.74, 6) is -0.234. The van der Waals surface area contributed by atoms with E-state index in [1.54, 1.807) is 4.90 Å². The number of para-hydroxylation sites is 1. The van der Waals surface area contributed by atoms with Crippen LogP contribution in [0.5, 0.6) is 0 Å². The molecule has 1 aliphatic rings. The van der Waals surface area contributed by atoms with Gasteiger partial charge in [0.25, 0.3) is 5.91 Å². The van der Waals surface area contributed by atoms with Crippen molar-refractivity contribution in [1.82, 2.24) is 4.57 Å². The van der Waals surface area contributed by atoms with Crippen molar-refractivity contribution in [2.24, 2.45) is 0 Å². The van der Waals surface area contributed by atoms with Crippen LogP contribution < -0.4 is 4.90 Å². The number of hydrogen-bond donors (Lipinski definition) is 1. The van der Waals surface area contributed by atoms with Gasteiger partial charge in [-0.1, -0.05) is 140 Å². The Morgan fingerprint density at radius 1 is 0.458 bits per heavy atom. The number of benzene rings is 7. The molecule has 0 bridgehead atoms. The summed E-state index contributed by atoms with van der Waals surface area (Å²) >= 11 is 0. The van der Waals surface area contributed by atoms with E-state index in [0.29, 0.717) is 16.8 Å². The Balaban J connectivity index is 1.24. The van der Waals surface area contributed by atoms with Crippen LogP contribution in [0.15, 0.2) is 170 Å². The van der Waals surface area contributed by atoms with E-state index in [1.165, 1.54) is 0 Å². The SMILES string of the molecule is O=C1c2c(cccc2-n2c3ccccc3c3cc(-c4ccccc4)ccc32)C(O)N1c1cccc(-c2ccccc2)c1-c1ccccc1. The highest BCUT2D eigenvalue weighted by atomic mass is 16.3. The van der Waals surface area contributed by atoms with Gasteiger partial charge in [0.05, 0.1) is 28.0 Å². The summed E-state index contributed by atoms with van der Waals surface area (Å²) in [5.41, 5.74) is 10.7. The lowest BCUT2D eigenvalue weighted by Crippen LogP contribution is -2.28. The van der Waals surface area contributed by atoms with Crippen molar-refractivity contribution in [2.75, 3.05) is 4.90 Å². The molecule has 4 nitrogen and oxygen atoms in total. The molecule has 4 heteroatoms. The smallest absolute Gasteiger partial charge is 0.263 e. The number of amides is 1. The monoisotopic (exact) mass is 618 g/mol. The van der Waals surface area contributed by atoms with Crippen LogP contribution in [0.4, 0.5) is 5.69 Å². The second-order valence-corrected chi connectivity index (χ2v) is 12.2. The number of aliphatic hydroxyl groups excluding tert-OH is 1. The van der Waals surface area contributed by atoms with Crippen molar-refractivity contribution in [1.29, 1.82) is 0 Å². The van der Waals surface area contributed by atoms with Gasteiger partial charge in [-0.25, -0.2) is 0 Å². The summed E-state index contributed by atoms with van der Waals surface area (Å²) in [7, 11) is 0. The number of anilines is 1. The minimum absolute atomic E-state index is 0.234. The zero-order valence-electron chi connectivity index (χ0n) is 26.0. The van der Waals surface area contributed by atoms with Crippen molar-refractivity contribution in [3.8, 4) is 39.1 Å². The third-order valence-corrected chi connectivity index (χ3v) is 9.50. The van der Waals surface area contributed by atoms with Crippen LogP contribution >= 0.6 is 0 Å². The van der Waals surface area contributed by atoms with Crippen molar-refractivity contribution in [3.63, 3.8) is 0 Å². The van der Waals surface area contributed by atoms with Gasteiger partial charge >= 0.3 is 0 Å². The summed E-state index contributed by atoms with van der Waals surface area (Å²) in [6, 6.07) is 57.3. The second-order valence-electron chi connectivity index (χ2n) is 12.2. The molecule has 0 spiro atoms. The fourth-order valence-electron chi connectivity index (χ4n) is 7.35. The van der Waals surface area contributed by atoms with E-state index in [2.05, 4.69) is 95.6 Å². The Bertz CT molecular complexity index is 2480. The first-order valence-corrected chi connectivity index (χ1v) is 16.2. The number of aromatic nitrogens is 1. The molecular formula is C44H30N2O2. The molecule has 7 aromatic carbocycles. The molecule has 1 amide bonds. The average molecular weight is 619 g/mol.